The van der Waals surface area contributed by atoms with Crippen LogP contribution in [-0.2, 0) is 107 Å². The lowest BCUT2D eigenvalue weighted by atomic mass is 9.97. The van der Waals surface area contributed by atoms with Gasteiger partial charge in [0.15, 0.2) is 5.96 Å². The van der Waals surface area contributed by atoms with Gasteiger partial charge in [0, 0.05) is 19.4 Å². The Balaban J connectivity index is 3.54. The molecule has 0 saturated carbocycles. The first-order chi connectivity index (χ1) is 60.4. The second-order valence-corrected chi connectivity index (χ2v) is 33.3. The Bertz CT molecular complexity index is 4020. The second-order valence-electron chi connectivity index (χ2n) is 32.3. The molecular formula is C80H135N25O23S. The Morgan fingerprint density at radius 3 is 1.26 bits per heavy atom. The predicted molar refractivity (Wildman–Crippen MR) is 470 cm³/mol. The Kier molecular flexibility index (Phi) is 52.9. The van der Waals surface area contributed by atoms with Crippen LogP contribution in [0.4, 0.5) is 0 Å². The van der Waals surface area contributed by atoms with Gasteiger partial charge in [-0.3, -0.25) is 101 Å². The summed E-state index contributed by atoms with van der Waals surface area (Å²) in [7, 11) is 0. The number of carbonyl (C=O) groups excluding carboxylic acids is 20. The van der Waals surface area contributed by atoms with Crippen LogP contribution in [0.1, 0.15) is 172 Å². The highest BCUT2D eigenvalue weighted by atomic mass is 32.2. The number of primary amides is 4. The van der Waals surface area contributed by atoms with Crippen LogP contribution in [0, 0.1) is 29.1 Å². The van der Waals surface area contributed by atoms with E-state index in [2.05, 4.69) is 90.4 Å². The van der Waals surface area contributed by atoms with Crippen LogP contribution in [-0.4, -0.2) is 275 Å². The summed E-state index contributed by atoms with van der Waals surface area (Å²) >= 11 is 1.47. The largest absolute Gasteiger partial charge is 0.480 e. The van der Waals surface area contributed by atoms with Crippen molar-refractivity contribution in [3.8, 4) is 0 Å². The first-order valence-electron chi connectivity index (χ1n) is 42.3. The molecule has 34 N–H and O–H groups in total. The molecule has 0 aromatic heterocycles. The fraction of sp³-hybridized carbons (Fsp3) is 0.650. The fourth-order valence-electron chi connectivity index (χ4n) is 12.3. The van der Waals surface area contributed by atoms with Crippen molar-refractivity contribution in [3.05, 3.63) is 35.9 Å². The Labute approximate surface area is 752 Å². The number of guanidine groups is 1. The molecule has 1 aromatic carbocycles. The molecule has 0 unspecified atom stereocenters. The first kappa shape index (κ1) is 115. The second kappa shape index (κ2) is 59.6. The smallest absolute Gasteiger partial charge is 0.326 e. The van der Waals surface area contributed by atoms with E-state index in [9.17, 15) is 111 Å². The quantitative estimate of drug-likeness (QED) is 0.0164. The maximum atomic E-state index is 14.4. The highest BCUT2D eigenvalue weighted by Gasteiger charge is 2.40. The van der Waals surface area contributed by atoms with E-state index in [4.69, 9.17) is 45.5 Å². The summed E-state index contributed by atoms with van der Waals surface area (Å²) in [6.07, 6.45) is -2.08. The van der Waals surface area contributed by atoms with Crippen LogP contribution < -0.4 is 131 Å². The van der Waals surface area contributed by atoms with Crippen LogP contribution in [0.3, 0.4) is 0 Å². The number of nitrogens with two attached hydrogens (primary N) is 7. The van der Waals surface area contributed by atoms with Crippen molar-refractivity contribution in [2.75, 3.05) is 38.2 Å². The summed E-state index contributed by atoms with van der Waals surface area (Å²) in [5, 5.41) is 68.4. The number of rotatable bonds is 63. The molecule has 20 amide bonds. The number of unbranched alkanes of at least 4 members (excludes halogenated alkanes) is 1. The summed E-state index contributed by atoms with van der Waals surface area (Å²) in [6.45, 7) is 15.1. The van der Waals surface area contributed by atoms with Gasteiger partial charge in [-0.1, -0.05) is 92.1 Å². The van der Waals surface area contributed by atoms with Gasteiger partial charge < -0.3 is 141 Å². The van der Waals surface area contributed by atoms with Crippen LogP contribution in [0.2, 0.25) is 0 Å². The lowest BCUT2D eigenvalue weighted by molar-refractivity contribution is -0.142. The van der Waals surface area contributed by atoms with Gasteiger partial charge in [-0.15, -0.1) is 0 Å². The van der Waals surface area contributed by atoms with Crippen molar-refractivity contribution < 1.29 is 111 Å². The summed E-state index contributed by atoms with van der Waals surface area (Å²) in [5.74, 6) is -24.6. The van der Waals surface area contributed by atoms with Crippen molar-refractivity contribution in [3.63, 3.8) is 0 Å². The summed E-state index contributed by atoms with van der Waals surface area (Å²) < 4.78 is 0. The van der Waals surface area contributed by atoms with Crippen LogP contribution in [0.15, 0.2) is 30.3 Å². The number of amides is 20. The van der Waals surface area contributed by atoms with Gasteiger partial charge in [0.05, 0.1) is 38.5 Å². The third kappa shape index (κ3) is 45.2. The molecule has 0 saturated heterocycles. The number of aliphatic hydroxyl groups excluding tert-OH is 1. The summed E-state index contributed by atoms with van der Waals surface area (Å²) in [4.78, 5) is 284. The van der Waals surface area contributed by atoms with E-state index in [0.717, 1.165) is 6.92 Å². The molecule has 0 fully saturated rings. The van der Waals surface area contributed by atoms with Crippen molar-refractivity contribution in [1.29, 1.82) is 5.41 Å². The lowest BCUT2D eigenvalue weighted by Gasteiger charge is -2.29. The Hall–Kier alpha value is -12.4. The lowest BCUT2D eigenvalue weighted by Crippen LogP contribution is -2.61. The fourth-order valence-corrected chi connectivity index (χ4v) is 12.8. The van der Waals surface area contributed by atoms with Crippen molar-refractivity contribution in [2.45, 2.75) is 269 Å². The molecule has 0 heterocycles. The number of carbonyl (C=O) groups is 21. The topological polar surface area (TPSA) is 809 Å². The minimum atomic E-state index is -2.13. The summed E-state index contributed by atoms with van der Waals surface area (Å²) in [6, 6.07) is -16.4. The molecule has 0 bridgehead atoms. The highest BCUT2D eigenvalue weighted by molar-refractivity contribution is 7.98. The highest BCUT2D eigenvalue weighted by Crippen LogP contribution is 2.16. The first-order valence-corrected chi connectivity index (χ1v) is 43.7. The van der Waals surface area contributed by atoms with Crippen molar-refractivity contribution >= 4 is 142 Å². The van der Waals surface area contributed by atoms with E-state index >= 15 is 0 Å². The number of thioether (sulfide) groups is 1. The van der Waals surface area contributed by atoms with Gasteiger partial charge in [0.25, 0.3) is 0 Å². The average molecular weight is 1850 g/mol. The zero-order valence-corrected chi connectivity index (χ0v) is 75.8. The number of nitrogens with one attached hydrogen (secondary N) is 18. The van der Waals surface area contributed by atoms with E-state index in [-0.39, 0.29) is 76.3 Å². The van der Waals surface area contributed by atoms with E-state index in [1.54, 1.807) is 85.7 Å². The maximum absolute atomic E-state index is 14.4. The van der Waals surface area contributed by atoms with Gasteiger partial charge in [0.1, 0.15) is 90.6 Å². The minimum absolute atomic E-state index is 0.0180. The van der Waals surface area contributed by atoms with Gasteiger partial charge in [-0.2, -0.15) is 11.8 Å². The molecule has 17 atom stereocenters. The van der Waals surface area contributed by atoms with Crippen molar-refractivity contribution in [2.24, 2.45) is 63.8 Å². The van der Waals surface area contributed by atoms with E-state index < -0.39 is 284 Å². The molecule has 0 aliphatic rings. The number of hydrogen-bond donors (Lipinski definition) is 27. The molecule has 724 valence electrons. The molecule has 48 nitrogen and oxygen atoms in total. The SMILES string of the molecule is CC[C@H](C)[C@H](NC(=O)[C@H](CCCCN)NC(=O)CNC(=O)[C@H](CC(N)=O)NC(=O)[C@H](CC(N)=O)NC(=O)[C@H](CCC(N)=O)NC(=O)[C@H](CC(N)=O)NC(=O)[C@H](C)NC(=O)[C@H](CCCNC(=N)N)NC(=O)[C@H](CC(C)C)NC(=O)[C@H](Cc1ccccc1)NC(=O)[C@H](C)NC(=O)[C@@H](N)CCSC)C(=O)N[C@@H](CO)C(=O)N[C@H](C(=O)N[C@@H](C)C(=O)N[C@@H](CC(C)C)C(=O)O)C(C)C. The Morgan fingerprint density at radius 2 is 0.791 bits per heavy atom. The van der Waals surface area contributed by atoms with Crippen LogP contribution in [0.5, 0.6) is 0 Å². The van der Waals surface area contributed by atoms with Crippen LogP contribution >= 0.6 is 11.8 Å². The summed E-state index contributed by atoms with van der Waals surface area (Å²) in [5.41, 5.74) is 39.7. The molecule has 129 heavy (non-hydrogen) atoms. The molecular weight excluding hydrogens is 1710 g/mol. The molecule has 1 aromatic rings. The number of aliphatic carboxylic acids is 1. The monoisotopic (exact) mass is 1850 g/mol. The molecule has 1 rings (SSSR count). The predicted octanol–water partition coefficient (Wildman–Crippen LogP) is -9.09. The molecule has 0 radical (unpaired) electrons. The third-order valence-corrected chi connectivity index (χ3v) is 20.4. The van der Waals surface area contributed by atoms with Gasteiger partial charge in [-0.25, -0.2) is 4.79 Å². The molecule has 0 spiro atoms. The van der Waals surface area contributed by atoms with Gasteiger partial charge in [0.2, 0.25) is 118 Å². The number of aliphatic hydroxyl groups is 1. The number of benzene rings is 1. The normalized spacial score (nSPS) is 15.1. The zero-order chi connectivity index (χ0) is 98.2. The molecule has 0 aliphatic heterocycles. The molecule has 0 aliphatic carbocycles. The van der Waals surface area contributed by atoms with Crippen LogP contribution in [0.25, 0.3) is 0 Å². The maximum Gasteiger partial charge on any atom is 0.326 e. The van der Waals surface area contributed by atoms with Gasteiger partial charge >= 0.3 is 5.97 Å². The van der Waals surface area contributed by atoms with Gasteiger partial charge in [-0.05, 0) is 126 Å². The number of carboxylic acids is 1. The molecule has 49 heteroatoms. The van der Waals surface area contributed by atoms with E-state index in [0.29, 0.717) is 24.2 Å². The van der Waals surface area contributed by atoms with Crippen molar-refractivity contribution in [1.82, 2.24) is 90.4 Å². The number of hydrogen-bond acceptors (Lipinski definition) is 26. The zero-order valence-electron chi connectivity index (χ0n) is 75.0. The van der Waals surface area contributed by atoms with E-state index in [1.165, 1.54) is 25.6 Å². The van der Waals surface area contributed by atoms with E-state index in [1.807, 2.05) is 6.26 Å². The third-order valence-electron chi connectivity index (χ3n) is 19.7. The standard InChI is InChI=1S/C80H135N25O23S/c1-13-41(8)63(78(126)103-56(37-106)76(124)104-62(40(6)7)77(125)93-44(11)66(114)102-55(79(127)128)31-39(4)5)105-71(119)47(22-17-18-27-81)94-61(111)36-90-68(116)52(33-58(84)108)100-75(123)54(35-60(86)110)101-70(118)49(24-25-57(83)107)96-74(122)53(34-59(85)109)98-65(113)43(10)92-69(117)48(23-19-28-89-80(87)88)95-72(120)50(30-38(2)3)99-73(121)51(32-45-20-15-14-16-21-45)97-64(112)42(9)91-67(115)46(82)26-29-129-12/h14-16,20-21,38-44,46-56,62-63,106H,13,17-19,22-37,81-82H2,1-12H3,(H2,83,107)(H2,84,108)(H2,85,109)(H2,86,110)(H,90,116)(H,91,115)(H,92,117)(H,93,125)(H,94,111)(H,95,120)(H,96,122)(H,97,112)(H,98,113)(H,99,121)(H,100,123)(H,101,118)(H,102,114)(H,103,126)(H,104,124)(H,105,119)(H,127,128)(H4,87,88,89)/t41-,42-,43-,44-,46-,47-,48-,49-,50-,51-,52-,53-,54-,55-,56-,62-,63-/m0/s1. The Morgan fingerprint density at radius 1 is 0.403 bits per heavy atom. The minimum Gasteiger partial charge on any atom is -0.480 e. The number of carboxylic acid groups (broad SMARTS) is 1. The average Bonchev–Trinajstić information content (AvgIpc) is 0.859.